The van der Waals surface area contributed by atoms with Crippen molar-refractivity contribution in [3.05, 3.63) is 24.0 Å². The minimum absolute atomic E-state index is 0.520. The molecule has 0 aliphatic carbocycles. The lowest BCUT2D eigenvalue weighted by molar-refractivity contribution is 0.586. The fourth-order valence-electron chi connectivity index (χ4n) is 1.40. The average molecular weight is 205 g/mol. The van der Waals surface area contributed by atoms with Gasteiger partial charge in [0, 0.05) is 37.9 Å². The topological polar surface area (TPSA) is 40.8 Å². The number of nitrogens with zero attached hydrogens (tertiary/aromatic N) is 2. The van der Waals surface area contributed by atoms with E-state index < -0.39 is 0 Å². The molecule has 0 fully saturated rings. The maximum Gasteiger partial charge on any atom is 0.0622 e. The van der Waals surface area contributed by atoms with Crippen LogP contribution >= 0.6 is 0 Å². The van der Waals surface area contributed by atoms with Crippen LogP contribution in [0.4, 0.5) is 0 Å². The first-order valence-corrected chi connectivity index (χ1v) is 5.47. The van der Waals surface area contributed by atoms with Gasteiger partial charge in [0.15, 0.2) is 0 Å². The van der Waals surface area contributed by atoms with Gasteiger partial charge >= 0.3 is 0 Å². The molecule has 0 unspecified atom stereocenters. The summed E-state index contributed by atoms with van der Waals surface area (Å²) < 4.78 is 2.15. The van der Waals surface area contributed by atoms with Crippen molar-refractivity contribution in [2.24, 2.45) is 0 Å². The lowest BCUT2D eigenvalue weighted by atomic mass is 10.3. The number of nitrogens with one attached hydrogen (secondary N) is 1. The van der Waals surface area contributed by atoms with E-state index in [1.807, 2.05) is 0 Å². The van der Waals surface area contributed by atoms with E-state index in [0.717, 1.165) is 19.5 Å². The molecular formula is C12H19N3. The average Bonchev–Trinajstić information content (AvgIpc) is 2.63. The Morgan fingerprint density at radius 1 is 1.53 bits per heavy atom. The van der Waals surface area contributed by atoms with Crippen molar-refractivity contribution < 1.29 is 0 Å². The second kappa shape index (κ2) is 6.26. The molecule has 0 saturated heterocycles. The highest BCUT2D eigenvalue weighted by atomic mass is 14.9. The third kappa shape index (κ3) is 4.66. The molecular weight excluding hydrogens is 186 g/mol. The summed E-state index contributed by atoms with van der Waals surface area (Å²) in [6, 6.07) is 4.81. The number of aryl methyl sites for hydroxylation is 1. The van der Waals surface area contributed by atoms with Crippen LogP contribution in [0.2, 0.25) is 0 Å². The van der Waals surface area contributed by atoms with Gasteiger partial charge in [0.05, 0.1) is 6.07 Å². The lowest BCUT2D eigenvalue weighted by Crippen LogP contribution is -2.21. The number of nitriles is 1. The SMILES string of the molecule is CC(C)NCc1ccn(CCCC#N)c1. The van der Waals surface area contributed by atoms with Gasteiger partial charge in [-0.15, -0.1) is 0 Å². The van der Waals surface area contributed by atoms with Crippen LogP contribution in [0.15, 0.2) is 18.5 Å². The van der Waals surface area contributed by atoms with E-state index >= 15 is 0 Å². The van der Waals surface area contributed by atoms with Gasteiger partial charge in [-0.2, -0.15) is 5.26 Å². The summed E-state index contributed by atoms with van der Waals surface area (Å²) in [5, 5.41) is 11.8. The summed E-state index contributed by atoms with van der Waals surface area (Å²) in [7, 11) is 0. The van der Waals surface area contributed by atoms with Gasteiger partial charge < -0.3 is 9.88 Å². The van der Waals surface area contributed by atoms with E-state index in [9.17, 15) is 0 Å². The van der Waals surface area contributed by atoms with Gasteiger partial charge in [-0.1, -0.05) is 13.8 Å². The number of rotatable bonds is 6. The third-order valence-corrected chi connectivity index (χ3v) is 2.23. The predicted octanol–water partition coefficient (Wildman–Crippen LogP) is 2.29. The Balaban J connectivity index is 2.32. The normalized spacial score (nSPS) is 10.5. The first-order chi connectivity index (χ1) is 7.22. The maximum atomic E-state index is 8.43. The minimum Gasteiger partial charge on any atom is -0.354 e. The van der Waals surface area contributed by atoms with Gasteiger partial charge in [-0.3, -0.25) is 0 Å². The highest BCUT2D eigenvalue weighted by Gasteiger charge is 1.98. The molecule has 0 aromatic carbocycles. The molecule has 3 heteroatoms. The molecule has 0 saturated carbocycles. The highest BCUT2D eigenvalue weighted by molar-refractivity contribution is 5.09. The van der Waals surface area contributed by atoms with Crippen molar-refractivity contribution in [3.63, 3.8) is 0 Å². The molecule has 0 aliphatic rings. The smallest absolute Gasteiger partial charge is 0.0622 e. The molecule has 1 aromatic heterocycles. The van der Waals surface area contributed by atoms with E-state index in [-0.39, 0.29) is 0 Å². The predicted molar refractivity (Wildman–Crippen MR) is 61.3 cm³/mol. The van der Waals surface area contributed by atoms with Crippen LogP contribution in [0.5, 0.6) is 0 Å². The lowest BCUT2D eigenvalue weighted by Gasteiger charge is -2.05. The van der Waals surface area contributed by atoms with Crippen molar-refractivity contribution in [3.8, 4) is 6.07 Å². The molecule has 0 bridgehead atoms. The van der Waals surface area contributed by atoms with Crippen molar-refractivity contribution in [2.75, 3.05) is 0 Å². The summed E-state index contributed by atoms with van der Waals surface area (Å²) >= 11 is 0. The second-order valence-corrected chi connectivity index (χ2v) is 4.05. The zero-order chi connectivity index (χ0) is 11.1. The van der Waals surface area contributed by atoms with Crippen LogP contribution < -0.4 is 5.32 Å². The first kappa shape index (κ1) is 11.8. The summed E-state index contributed by atoms with van der Waals surface area (Å²) in [5.41, 5.74) is 1.31. The number of hydrogen-bond acceptors (Lipinski definition) is 2. The van der Waals surface area contributed by atoms with Gasteiger partial charge in [0.2, 0.25) is 0 Å². The van der Waals surface area contributed by atoms with Gasteiger partial charge in [-0.25, -0.2) is 0 Å². The molecule has 1 rings (SSSR count). The van der Waals surface area contributed by atoms with E-state index in [4.69, 9.17) is 5.26 Å². The maximum absolute atomic E-state index is 8.43. The first-order valence-electron chi connectivity index (χ1n) is 5.47. The standard InChI is InChI=1S/C12H19N3/c1-11(2)14-9-12-5-8-15(10-12)7-4-3-6-13/h5,8,10-11,14H,3-4,7,9H2,1-2H3. The van der Waals surface area contributed by atoms with E-state index in [2.05, 4.69) is 48.3 Å². The molecule has 0 radical (unpaired) electrons. The van der Waals surface area contributed by atoms with Crippen LogP contribution in [0.1, 0.15) is 32.3 Å². The zero-order valence-corrected chi connectivity index (χ0v) is 9.53. The molecule has 15 heavy (non-hydrogen) atoms. The monoisotopic (exact) mass is 205 g/mol. The Morgan fingerprint density at radius 3 is 3.00 bits per heavy atom. The third-order valence-electron chi connectivity index (χ3n) is 2.23. The summed E-state index contributed by atoms with van der Waals surface area (Å²) in [6.45, 7) is 6.14. The highest BCUT2D eigenvalue weighted by Crippen LogP contribution is 2.03. The van der Waals surface area contributed by atoms with E-state index in [1.54, 1.807) is 0 Å². The largest absolute Gasteiger partial charge is 0.354 e. The number of aromatic nitrogens is 1. The van der Waals surface area contributed by atoms with Crippen LogP contribution in [0.25, 0.3) is 0 Å². The van der Waals surface area contributed by atoms with Crippen molar-refractivity contribution >= 4 is 0 Å². The summed E-state index contributed by atoms with van der Waals surface area (Å²) in [5.74, 6) is 0. The quantitative estimate of drug-likeness (QED) is 0.724. The fraction of sp³-hybridized carbons (Fsp3) is 0.583. The van der Waals surface area contributed by atoms with Crippen LogP contribution in [-0.2, 0) is 13.1 Å². The fourth-order valence-corrected chi connectivity index (χ4v) is 1.40. The molecule has 82 valence electrons. The van der Waals surface area contributed by atoms with Crippen LogP contribution in [0.3, 0.4) is 0 Å². The molecule has 1 N–H and O–H groups in total. The molecule has 0 amide bonds. The Morgan fingerprint density at radius 2 is 2.33 bits per heavy atom. The van der Waals surface area contributed by atoms with Gasteiger partial charge in [0.1, 0.15) is 0 Å². The molecule has 0 atom stereocenters. The van der Waals surface area contributed by atoms with E-state index in [1.165, 1.54) is 5.56 Å². The number of unbranched alkanes of at least 4 members (excludes halogenated alkanes) is 1. The van der Waals surface area contributed by atoms with Gasteiger partial charge in [-0.05, 0) is 18.1 Å². The Labute approximate surface area is 91.7 Å². The van der Waals surface area contributed by atoms with Crippen molar-refractivity contribution in [1.82, 2.24) is 9.88 Å². The molecule has 3 nitrogen and oxygen atoms in total. The molecule has 0 aliphatic heterocycles. The van der Waals surface area contributed by atoms with Crippen LogP contribution in [-0.4, -0.2) is 10.6 Å². The van der Waals surface area contributed by atoms with Gasteiger partial charge in [0.25, 0.3) is 0 Å². The van der Waals surface area contributed by atoms with Crippen LogP contribution in [0, 0.1) is 11.3 Å². The van der Waals surface area contributed by atoms with Crippen molar-refractivity contribution in [1.29, 1.82) is 5.26 Å². The Bertz CT molecular complexity index is 320. The van der Waals surface area contributed by atoms with E-state index in [0.29, 0.717) is 12.5 Å². The molecule has 1 aromatic rings. The zero-order valence-electron chi connectivity index (χ0n) is 9.53. The Hall–Kier alpha value is -1.27. The summed E-state index contributed by atoms with van der Waals surface area (Å²) in [6.07, 6.45) is 5.79. The van der Waals surface area contributed by atoms with Crippen molar-refractivity contribution in [2.45, 2.75) is 45.8 Å². The molecule has 1 heterocycles. The number of hydrogen-bond donors (Lipinski definition) is 1. The minimum atomic E-state index is 0.520. The molecule has 0 spiro atoms. The summed E-state index contributed by atoms with van der Waals surface area (Å²) in [4.78, 5) is 0. The second-order valence-electron chi connectivity index (χ2n) is 4.05. The Kier molecular flexibility index (Phi) is 4.92.